The molecule has 0 unspecified atom stereocenters. The number of methoxy groups -OCH3 is 1. The van der Waals surface area contributed by atoms with Crippen molar-refractivity contribution in [3.05, 3.63) is 76.3 Å². The first-order valence-electron chi connectivity index (χ1n) is 10.1. The van der Waals surface area contributed by atoms with Crippen molar-refractivity contribution in [1.82, 2.24) is 9.88 Å². The number of hydrogen-bond donors (Lipinski definition) is 0. The number of nitrogens with zero attached hydrogens (tertiary/aromatic N) is 4. The standard InChI is InChI=1S/C24H21ClN4O3/c1-31-20-4-2-3-18(15-20)23(30)28-11-13-29(14-12-28)24-21(16-26)27-22(32-24)10-7-17-5-8-19(25)9-6-17/h2-10,15H,11-14H2,1H3/b10-7+. The summed E-state index contributed by atoms with van der Waals surface area (Å²) in [5, 5.41) is 10.2. The topological polar surface area (TPSA) is 82.6 Å². The highest BCUT2D eigenvalue weighted by Gasteiger charge is 2.26. The number of halogens is 1. The van der Waals surface area contributed by atoms with Gasteiger partial charge in [0.1, 0.15) is 11.8 Å². The Kier molecular flexibility index (Phi) is 6.43. The van der Waals surface area contributed by atoms with Crippen LogP contribution in [0, 0.1) is 11.3 Å². The largest absolute Gasteiger partial charge is 0.497 e. The van der Waals surface area contributed by atoms with Crippen LogP contribution in [-0.2, 0) is 0 Å². The number of amides is 1. The summed E-state index contributed by atoms with van der Waals surface area (Å²) in [7, 11) is 1.57. The predicted octanol–water partition coefficient (Wildman–Crippen LogP) is 4.34. The molecule has 7 nitrogen and oxygen atoms in total. The molecule has 8 heteroatoms. The van der Waals surface area contributed by atoms with Gasteiger partial charge in [0.15, 0.2) is 0 Å². The van der Waals surface area contributed by atoms with E-state index in [1.165, 1.54) is 0 Å². The summed E-state index contributed by atoms with van der Waals surface area (Å²) in [5.41, 5.74) is 1.76. The van der Waals surface area contributed by atoms with Crippen LogP contribution >= 0.6 is 11.6 Å². The number of rotatable bonds is 5. The Morgan fingerprint density at radius 3 is 2.59 bits per heavy atom. The number of aromatic nitrogens is 1. The van der Waals surface area contributed by atoms with Crippen LogP contribution in [-0.4, -0.2) is 49.1 Å². The predicted molar refractivity (Wildman–Crippen MR) is 123 cm³/mol. The Labute approximate surface area is 191 Å². The molecule has 0 aliphatic carbocycles. The van der Waals surface area contributed by atoms with E-state index < -0.39 is 0 Å². The number of nitriles is 1. The number of oxazole rings is 1. The first-order valence-corrected chi connectivity index (χ1v) is 10.5. The summed E-state index contributed by atoms with van der Waals surface area (Å²) in [4.78, 5) is 20.8. The van der Waals surface area contributed by atoms with Crippen molar-refractivity contribution in [2.24, 2.45) is 0 Å². The molecule has 0 bridgehead atoms. The fourth-order valence-electron chi connectivity index (χ4n) is 3.48. The molecule has 0 radical (unpaired) electrons. The van der Waals surface area contributed by atoms with Gasteiger partial charge in [-0.2, -0.15) is 10.2 Å². The van der Waals surface area contributed by atoms with E-state index in [-0.39, 0.29) is 11.6 Å². The van der Waals surface area contributed by atoms with Crippen LogP contribution in [0.4, 0.5) is 5.88 Å². The minimum atomic E-state index is -0.0480. The Morgan fingerprint density at radius 2 is 1.91 bits per heavy atom. The maximum atomic E-state index is 12.8. The smallest absolute Gasteiger partial charge is 0.254 e. The number of hydrogen-bond acceptors (Lipinski definition) is 6. The van der Waals surface area contributed by atoms with Crippen molar-refractivity contribution >= 4 is 35.5 Å². The van der Waals surface area contributed by atoms with Crippen molar-refractivity contribution < 1.29 is 13.9 Å². The molecule has 0 N–H and O–H groups in total. The van der Waals surface area contributed by atoms with Crippen LogP contribution < -0.4 is 9.64 Å². The van der Waals surface area contributed by atoms with Gasteiger partial charge >= 0.3 is 0 Å². The molecule has 3 aromatic rings. The monoisotopic (exact) mass is 448 g/mol. The summed E-state index contributed by atoms with van der Waals surface area (Å²) in [6.45, 7) is 2.11. The average molecular weight is 449 g/mol. The van der Waals surface area contributed by atoms with Crippen molar-refractivity contribution in [2.75, 3.05) is 38.2 Å². The van der Waals surface area contributed by atoms with E-state index >= 15 is 0 Å². The lowest BCUT2D eigenvalue weighted by Crippen LogP contribution is -2.48. The van der Waals surface area contributed by atoms with Gasteiger partial charge in [-0.3, -0.25) is 4.79 Å². The molecule has 0 saturated carbocycles. The van der Waals surface area contributed by atoms with E-state index in [1.54, 1.807) is 54.5 Å². The Morgan fingerprint density at radius 1 is 1.16 bits per heavy atom. The second kappa shape index (κ2) is 9.58. The molecular weight excluding hydrogens is 428 g/mol. The molecule has 0 atom stereocenters. The number of piperazine rings is 1. The number of anilines is 1. The zero-order chi connectivity index (χ0) is 22.5. The van der Waals surface area contributed by atoms with Gasteiger partial charge in [0.05, 0.1) is 7.11 Å². The Bertz CT molecular complexity index is 1170. The minimum absolute atomic E-state index is 0.0480. The average Bonchev–Trinajstić information content (AvgIpc) is 3.27. The van der Waals surface area contributed by atoms with Crippen molar-refractivity contribution in [1.29, 1.82) is 5.26 Å². The zero-order valence-corrected chi connectivity index (χ0v) is 18.2. The van der Waals surface area contributed by atoms with Crippen LogP contribution in [0.3, 0.4) is 0 Å². The van der Waals surface area contributed by atoms with Crippen molar-refractivity contribution in [3.8, 4) is 11.8 Å². The van der Waals surface area contributed by atoms with Gasteiger partial charge in [0.2, 0.25) is 17.5 Å². The van der Waals surface area contributed by atoms with Gasteiger partial charge in [-0.05, 0) is 42.0 Å². The molecule has 0 spiro atoms. The second-order valence-electron chi connectivity index (χ2n) is 7.21. The highest BCUT2D eigenvalue weighted by Crippen LogP contribution is 2.25. The van der Waals surface area contributed by atoms with E-state index in [1.807, 2.05) is 23.1 Å². The third-order valence-corrected chi connectivity index (χ3v) is 5.44. The molecule has 4 rings (SSSR count). The van der Waals surface area contributed by atoms with Gasteiger partial charge in [-0.1, -0.05) is 29.8 Å². The summed E-state index contributed by atoms with van der Waals surface area (Å²) in [6, 6.07) is 16.6. The van der Waals surface area contributed by atoms with Crippen LogP contribution in [0.15, 0.2) is 52.9 Å². The van der Waals surface area contributed by atoms with E-state index in [2.05, 4.69) is 11.1 Å². The van der Waals surface area contributed by atoms with Crippen LogP contribution in [0.2, 0.25) is 5.02 Å². The zero-order valence-electron chi connectivity index (χ0n) is 17.5. The van der Waals surface area contributed by atoms with Gasteiger partial charge in [0.25, 0.3) is 5.91 Å². The Balaban J connectivity index is 1.43. The van der Waals surface area contributed by atoms with Crippen LogP contribution in [0.1, 0.15) is 27.5 Å². The molecule has 1 saturated heterocycles. The lowest BCUT2D eigenvalue weighted by molar-refractivity contribution is 0.0745. The number of carbonyl (C=O) groups excluding carboxylic acids is 1. The number of benzene rings is 2. The second-order valence-corrected chi connectivity index (χ2v) is 7.65. The molecular formula is C24H21ClN4O3. The maximum absolute atomic E-state index is 12.8. The lowest BCUT2D eigenvalue weighted by Gasteiger charge is -2.34. The molecule has 1 aromatic heterocycles. The highest BCUT2D eigenvalue weighted by molar-refractivity contribution is 6.30. The number of carbonyl (C=O) groups is 1. The molecule has 2 heterocycles. The molecule has 1 aliphatic heterocycles. The molecule has 1 fully saturated rings. The first-order chi connectivity index (χ1) is 15.6. The quantitative estimate of drug-likeness (QED) is 0.577. The molecule has 1 amide bonds. The fourth-order valence-corrected chi connectivity index (χ4v) is 3.61. The maximum Gasteiger partial charge on any atom is 0.254 e. The van der Waals surface area contributed by atoms with Gasteiger partial charge in [-0.15, -0.1) is 0 Å². The van der Waals surface area contributed by atoms with Crippen LogP contribution in [0.25, 0.3) is 12.2 Å². The summed E-state index contributed by atoms with van der Waals surface area (Å²) in [6.07, 6.45) is 3.56. The SMILES string of the molecule is COc1cccc(C(=O)N2CCN(c3oc(/C=C/c4ccc(Cl)cc4)nc3C#N)CC2)c1. The molecule has 1 aliphatic rings. The highest BCUT2D eigenvalue weighted by atomic mass is 35.5. The molecule has 32 heavy (non-hydrogen) atoms. The third-order valence-electron chi connectivity index (χ3n) is 5.19. The third kappa shape index (κ3) is 4.76. The lowest BCUT2D eigenvalue weighted by atomic mass is 10.1. The van der Waals surface area contributed by atoms with E-state index in [0.29, 0.717) is 54.3 Å². The number of ether oxygens (including phenoxy) is 1. The molecule has 2 aromatic carbocycles. The van der Waals surface area contributed by atoms with E-state index in [4.69, 9.17) is 20.8 Å². The Hall–Kier alpha value is -3.76. The van der Waals surface area contributed by atoms with Gasteiger partial charge < -0.3 is 19.0 Å². The van der Waals surface area contributed by atoms with Crippen molar-refractivity contribution in [3.63, 3.8) is 0 Å². The summed E-state index contributed by atoms with van der Waals surface area (Å²) < 4.78 is 11.1. The van der Waals surface area contributed by atoms with Crippen LogP contribution in [0.5, 0.6) is 5.75 Å². The van der Waals surface area contributed by atoms with Crippen molar-refractivity contribution in [2.45, 2.75) is 0 Å². The first kappa shape index (κ1) is 21.5. The minimum Gasteiger partial charge on any atom is -0.497 e. The molecule has 162 valence electrons. The normalized spacial score (nSPS) is 13.9. The summed E-state index contributed by atoms with van der Waals surface area (Å²) in [5.74, 6) is 1.38. The van der Waals surface area contributed by atoms with Gasteiger partial charge in [-0.25, -0.2) is 0 Å². The summed E-state index contributed by atoms with van der Waals surface area (Å²) >= 11 is 5.91. The fraction of sp³-hybridized carbons (Fsp3) is 0.208. The van der Waals surface area contributed by atoms with E-state index in [0.717, 1.165) is 5.56 Å². The van der Waals surface area contributed by atoms with Gasteiger partial charge in [0, 0.05) is 42.8 Å². The van der Waals surface area contributed by atoms with E-state index in [9.17, 15) is 10.1 Å².